The average Bonchev–Trinajstić information content (AvgIpc) is 2.73. The second-order valence-electron chi connectivity index (χ2n) is 6.55. The first kappa shape index (κ1) is 24.0. The molecule has 0 aliphatic heterocycles. The molecule has 0 radical (unpaired) electrons. The Morgan fingerprint density at radius 3 is 2.43 bits per heavy atom. The van der Waals surface area contributed by atoms with Crippen molar-refractivity contribution in [1.82, 2.24) is 10.2 Å². The van der Waals surface area contributed by atoms with Gasteiger partial charge in [-0.1, -0.05) is 46.6 Å². The monoisotopic (exact) mass is 496 g/mol. The van der Waals surface area contributed by atoms with Gasteiger partial charge in [0, 0.05) is 17.6 Å². The van der Waals surface area contributed by atoms with Crippen LogP contribution in [0.25, 0.3) is 0 Å². The average molecular weight is 498 g/mol. The number of carbonyl (C=O) groups is 2. The van der Waals surface area contributed by atoms with Gasteiger partial charge >= 0.3 is 0 Å². The maximum absolute atomic E-state index is 13.1. The van der Waals surface area contributed by atoms with Crippen molar-refractivity contribution in [2.24, 2.45) is 0 Å². The predicted octanol–water partition coefficient (Wildman–Crippen LogP) is 4.43. The number of rotatable bonds is 10. The zero-order valence-electron chi connectivity index (χ0n) is 17.3. The second-order valence-corrected chi connectivity index (χ2v) is 7.87. The topological polar surface area (TPSA) is 67.9 Å². The Hall–Kier alpha value is -2.25. The zero-order chi connectivity index (χ0) is 22.1. The van der Waals surface area contributed by atoms with Crippen molar-refractivity contribution in [3.05, 3.63) is 57.5 Å². The molecule has 0 unspecified atom stereocenters. The number of hydrogen-bond donors (Lipinski definition) is 1. The summed E-state index contributed by atoms with van der Waals surface area (Å²) >= 11 is 9.51. The van der Waals surface area contributed by atoms with Crippen molar-refractivity contribution in [2.75, 3.05) is 20.3 Å². The molecule has 0 spiro atoms. The Kier molecular flexibility index (Phi) is 9.46. The van der Waals surface area contributed by atoms with Gasteiger partial charge in [0.1, 0.15) is 17.5 Å². The maximum Gasteiger partial charge on any atom is 0.261 e. The van der Waals surface area contributed by atoms with Gasteiger partial charge in [-0.05, 0) is 49.2 Å². The fourth-order valence-electron chi connectivity index (χ4n) is 2.95. The molecule has 1 N–H and O–H groups in total. The van der Waals surface area contributed by atoms with Gasteiger partial charge in [0.05, 0.1) is 12.1 Å². The van der Waals surface area contributed by atoms with E-state index in [1.807, 2.05) is 38.1 Å². The van der Waals surface area contributed by atoms with Crippen LogP contribution in [0.3, 0.4) is 0 Å². The number of hydrogen-bond acceptors (Lipinski definition) is 4. The van der Waals surface area contributed by atoms with Crippen LogP contribution in [-0.2, 0) is 16.1 Å². The number of nitrogens with one attached hydrogen (secondary N) is 1. The van der Waals surface area contributed by atoms with E-state index in [1.54, 1.807) is 30.2 Å². The number of carbonyl (C=O) groups excluding carboxylic acids is 2. The fraction of sp³-hybridized carbons (Fsp3) is 0.364. The van der Waals surface area contributed by atoms with Gasteiger partial charge in [0.15, 0.2) is 6.61 Å². The largest absolute Gasteiger partial charge is 0.497 e. The number of ether oxygens (including phenoxy) is 2. The van der Waals surface area contributed by atoms with E-state index in [2.05, 4.69) is 21.2 Å². The summed E-state index contributed by atoms with van der Waals surface area (Å²) in [6.07, 6.45) is 0.479. The number of halogens is 2. The molecule has 0 fully saturated rings. The molecular formula is C22H26BrClN2O4. The van der Waals surface area contributed by atoms with Gasteiger partial charge in [-0.2, -0.15) is 0 Å². The molecule has 0 aliphatic carbocycles. The van der Waals surface area contributed by atoms with Crippen molar-refractivity contribution in [3.8, 4) is 11.5 Å². The third-order valence-corrected chi connectivity index (χ3v) is 5.28. The number of likely N-dealkylation sites (N-methyl/N-ethyl adjacent to an activating group) is 1. The molecule has 0 saturated carbocycles. The van der Waals surface area contributed by atoms with Crippen LogP contribution in [0.5, 0.6) is 11.5 Å². The van der Waals surface area contributed by atoms with Crippen LogP contribution in [0.4, 0.5) is 0 Å². The van der Waals surface area contributed by atoms with E-state index in [9.17, 15) is 9.59 Å². The van der Waals surface area contributed by atoms with Gasteiger partial charge < -0.3 is 19.7 Å². The highest BCUT2D eigenvalue weighted by Crippen LogP contribution is 2.28. The highest BCUT2D eigenvalue weighted by Gasteiger charge is 2.28. The third-order valence-electron chi connectivity index (χ3n) is 4.49. The van der Waals surface area contributed by atoms with Crippen LogP contribution < -0.4 is 14.8 Å². The standard InChI is InChI=1S/C22H26BrClN2O4/c1-4-19(22(28)25-5-2)26(13-15-6-9-17(29-3)10-7-15)21(27)14-30-20-11-8-16(23)12-18(20)24/h6-12,19H,4-5,13-14H2,1-3H3,(H,25,28)/t19-/m1/s1. The van der Waals surface area contributed by atoms with Crippen molar-refractivity contribution in [1.29, 1.82) is 0 Å². The summed E-state index contributed by atoms with van der Waals surface area (Å²) in [6.45, 7) is 4.26. The van der Waals surface area contributed by atoms with E-state index in [0.29, 0.717) is 23.7 Å². The molecule has 1 atom stereocenters. The van der Waals surface area contributed by atoms with Crippen LogP contribution in [0, 0.1) is 0 Å². The molecule has 2 rings (SSSR count). The van der Waals surface area contributed by atoms with Crippen LogP contribution in [0.15, 0.2) is 46.9 Å². The molecule has 0 saturated heterocycles. The molecule has 0 heterocycles. The number of benzene rings is 2. The lowest BCUT2D eigenvalue weighted by molar-refractivity contribution is -0.142. The molecule has 2 aromatic rings. The Balaban J connectivity index is 2.21. The molecule has 2 amide bonds. The summed E-state index contributed by atoms with van der Waals surface area (Å²) in [5.74, 6) is 0.635. The Morgan fingerprint density at radius 2 is 1.87 bits per heavy atom. The second kappa shape index (κ2) is 11.8. The molecular weight excluding hydrogens is 472 g/mol. The van der Waals surface area contributed by atoms with Gasteiger partial charge in [-0.3, -0.25) is 9.59 Å². The molecule has 0 bridgehead atoms. The number of methoxy groups -OCH3 is 1. The quantitative estimate of drug-likeness (QED) is 0.527. The lowest BCUT2D eigenvalue weighted by atomic mass is 10.1. The third kappa shape index (κ3) is 6.64. The summed E-state index contributed by atoms with van der Waals surface area (Å²) in [5, 5.41) is 3.20. The SMILES string of the molecule is CCNC(=O)[C@@H](CC)N(Cc1ccc(OC)cc1)C(=O)COc1ccc(Br)cc1Cl. The fourth-order valence-corrected chi connectivity index (χ4v) is 3.68. The normalized spacial score (nSPS) is 11.5. The summed E-state index contributed by atoms with van der Waals surface area (Å²) in [4.78, 5) is 27.2. The lowest BCUT2D eigenvalue weighted by Crippen LogP contribution is -2.50. The van der Waals surface area contributed by atoms with E-state index in [-0.39, 0.29) is 25.0 Å². The van der Waals surface area contributed by atoms with E-state index < -0.39 is 6.04 Å². The predicted molar refractivity (Wildman–Crippen MR) is 121 cm³/mol. The maximum atomic E-state index is 13.1. The minimum absolute atomic E-state index is 0.191. The summed E-state index contributed by atoms with van der Waals surface area (Å²) in [7, 11) is 1.59. The number of nitrogens with zero attached hydrogens (tertiary/aromatic N) is 1. The van der Waals surface area contributed by atoms with Crippen LogP contribution >= 0.6 is 27.5 Å². The molecule has 0 aliphatic rings. The summed E-state index contributed by atoms with van der Waals surface area (Å²) in [5.41, 5.74) is 0.883. The highest BCUT2D eigenvalue weighted by molar-refractivity contribution is 9.10. The van der Waals surface area contributed by atoms with E-state index in [4.69, 9.17) is 21.1 Å². The first-order valence-electron chi connectivity index (χ1n) is 9.67. The van der Waals surface area contributed by atoms with Gasteiger partial charge in [-0.25, -0.2) is 0 Å². The number of amides is 2. The smallest absolute Gasteiger partial charge is 0.261 e. The van der Waals surface area contributed by atoms with Gasteiger partial charge in [-0.15, -0.1) is 0 Å². The van der Waals surface area contributed by atoms with Crippen molar-refractivity contribution in [2.45, 2.75) is 32.9 Å². The molecule has 8 heteroatoms. The molecule has 2 aromatic carbocycles. The highest BCUT2D eigenvalue weighted by atomic mass is 79.9. The Labute approximate surface area is 190 Å². The van der Waals surface area contributed by atoms with Crippen molar-refractivity contribution >= 4 is 39.3 Å². The molecule has 6 nitrogen and oxygen atoms in total. The van der Waals surface area contributed by atoms with Gasteiger partial charge in [0.25, 0.3) is 5.91 Å². The van der Waals surface area contributed by atoms with E-state index in [1.165, 1.54) is 0 Å². The summed E-state index contributed by atoms with van der Waals surface area (Å²) in [6, 6.07) is 11.9. The van der Waals surface area contributed by atoms with Crippen LogP contribution in [0.1, 0.15) is 25.8 Å². The van der Waals surface area contributed by atoms with Crippen molar-refractivity contribution < 1.29 is 19.1 Å². The van der Waals surface area contributed by atoms with E-state index in [0.717, 1.165) is 15.8 Å². The van der Waals surface area contributed by atoms with Crippen LogP contribution in [-0.4, -0.2) is 43.0 Å². The summed E-state index contributed by atoms with van der Waals surface area (Å²) < 4.78 is 11.6. The Bertz CT molecular complexity index is 861. The van der Waals surface area contributed by atoms with Gasteiger partial charge in [0.2, 0.25) is 5.91 Å². The Morgan fingerprint density at radius 1 is 1.17 bits per heavy atom. The minimum Gasteiger partial charge on any atom is -0.497 e. The van der Waals surface area contributed by atoms with Crippen LogP contribution in [0.2, 0.25) is 5.02 Å². The first-order chi connectivity index (χ1) is 14.4. The molecule has 0 aromatic heterocycles. The minimum atomic E-state index is -0.608. The molecule has 162 valence electrons. The zero-order valence-corrected chi connectivity index (χ0v) is 19.6. The lowest BCUT2D eigenvalue weighted by Gasteiger charge is -2.30. The van der Waals surface area contributed by atoms with Crippen molar-refractivity contribution in [3.63, 3.8) is 0 Å². The van der Waals surface area contributed by atoms with E-state index >= 15 is 0 Å². The molecule has 30 heavy (non-hydrogen) atoms. The first-order valence-corrected chi connectivity index (χ1v) is 10.8.